The lowest BCUT2D eigenvalue weighted by atomic mass is 9.80. The number of nitrogens with zero attached hydrogens (tertiary/aromatic N) is 3. The molecule has 0 radical (unpaired) electrons. The number of methoxy groups -OCH3 is 1. The standard InChI is InChI=1S/C28H30N6O3/c1-28(30-2,27(29)36)22-12-9-17-6-4-5-7-23(17)34(26(22)35)15-21-20-11-8-19(25-31-16-32-33-25)14-18(20)10-13-24(21)37-3/h4-8,10-11,13-14,16,22,30H,9,12,15H2,1-3H3,(H2,29,36)(H,31,32,33)/t22-,28?/m1/s1. The van der Waals surface area contributed by atoms with E-state index in [1.807, 2.05) is 54.6 Å². The third-order valence-corrected chi connectivity index (χ3v) is 7.59. The van der Waals surface area contributed by atoms with E-state index >= 15 is 0 Å². The van der Waals surface area contributed by atoms with Crippen LogP contribution in [0.25, 0.3) is 22.2 Å². The third-order valence-electron chi connectivity index (χ3n) is 7.59. The number of rotatable bonds is 7. The molecule has 0 saturated heterocycles. The predicted octanol–water partition coefficient (Wildman–Crippen LogP) is 3.19. The van der Waals surface area contributed by atoms with E-state index in [0.29, 0.717) is 24.4 Å². The monoisotopic (exact) mass is 498 g/mol. The van der Waals surface area contributed by atoms with Crippen molar-refractivity contribution in [2.24, 2.45) is 11.7 Å². The molecular weight excluding hydrogens is 468 g/mol. The zero-order valence-electron chi connectivity index (χ0n) is 21.1. The van der Waals surface area contributed by atoms with Gasteiger partial charge >= 0.3 is 0 Å². The first-order valence-electron chi connectivity index (χ1n) is 12.2. The van der Waals surface area contributed by atoms with Gasteiger partial charge in [-0.2, -0.15) is 5.10 Å². The Kier molecular flexibility index (Phi) is 6.39. The van der Waals surface area contributed by atoms with Gasteiger partial charge in [-0.3, -0.25) is 14.7 Å². The number of nitrogens with one attached hydrogen (secondary N) is 2. The minimum atomic E-state index is -1.19. The lowest BCUT2D eigenvalue weighted by Gasteiger charge is -2.36. The first-order chi connectivity index (χ1) is 17.9. The molecule has 4 aromatic rings. The maximum Gasteiger partial charge on any atom is 0.238 e. The number of fused-ring (bicyclic) bond motifs is 2. The van der Waals surface area contributed by atoms with Gasteiger partial charge in [-0.1, -0.05) is 36.4 Å². The van der Waals surface area contributed by atoms with E-state index in [2.05, 4.69) is 20.5 Å². The number of H-pyrrole nitrogens is 1. The molecule has 2 atom stereocenters. The number of carbonyl (C=O) groups excluding carboxylic acids is 2. The van der Waals surface area contributed by atoms with Crippen LogP contribution in [0.1, 0.15) is 24.5 Å². The average molecular weight is 499 g/mol. The molecule has 37 heavy (non-hydrogen) atoms. The first kappa shape index (κ1) is 24.5. The summed E-state index contributed by atoms with van der Waals surface area (Å²) in [5, 5.41) is 11.8. The Labute approximate surface area is 215 Å². The summed E-state index contributed by atoms with van der Waals surface area (Å²) in [4.78, 5) is 32.7. The van der Waals surface area contributed by atoms with Crippen molar-refractivity contribution in [2.45, 2.75) is 31.8 Å². The number of nitrogens with two attached hydrogens (primary N) is 1. The maximum atomic E-state index is 14.2. The van der Waals surface area contributed by atoms with E-state index in [1.54, 1.807) is 26.0 Å². The summed E-state index contributed by atoms with van der Waals surface area (Å²) in [7, 11) is 3.29. The molecule has 0 saturated carbocycles. The SMILES string of the molecule is CNC(C)(C(N)=O)[C@@H]1CCc2ccccc2N(Cc2c(OC)ccc3cc(-c4ncn[nH]4)ccc23)C1=O. The van der Waals surface area contributed by atoms with Gasteiger partial charge in [-0.05, 0) is 61.3 Å². The van der Waals surface area contributed by atoms with Crippen LogP contribution >= 0.6 is 0 Å². The van der Waals surface area contributed by atoms with Crippen molar-refractivity contribution in [3.8, 4) is 17.1 Å². The van der Waals surface area contributed by atoms with Crippen molar-refractivity contribution in [1.82, 2.24) is 20.5 Å². The van der Waals surface area contributed by atoms with Crippen LogP contribution in [-0.4, -0.2) is 46.7 Å². The van der Waals surface area contributed by atoms with Gasteiger partial charge in [0.1, 0.15) is 17.6 Å². The summed E-state index contributed by atoms with van der Waals surface area (Å²) >= 11 is 0. The van der Waals surface area contributed by atoms with Crippen LogP contribution < -0.4 is 20.7 Å². The van der Waals surface area contributed by atoms with E-state index in [4.69, 9.17) is 10.5 Å². The Morgan fingerprint density at radius 2 is 2.05 bits per heavy atom. The number of benzene rings is 3. The van der Waals surface area contributed by atoms with Crippen molar-refractivity contribution in [2.75, 3.05) is 19.1 Å². The van der Waals surface area contributed by atoms with Crippen LogP contribution in [0.3, 0.4) is 0 Å². The smallest absolute Gasteiger partial charge is 0.238 e. The van der Waals surface area contributed by atoms with Crippen LogP contribution in [0, 0.1) is 5.92 Å². The molecule has 1 aliphatic heterocycles. The van der Waals surface area contributed by atoms with Crippen molar-refractivity contribution in [3.05, 3.63) is 72.1 Å². The Morgan fingerprint density at radius 3 is 2.76 bits per heavy atom. The molecule has 3 aromatic carbocycles. The Bertz CT molecular complexity index is 1470. The number of amides is 2. The van der Waals surface area contributed by atoms with E-state index in [-0.39, 0.29) is 12.5 Å². The fourth-order valence-corrected chi connectivity index (χ4v) is 5.26. The first-order valence-corrected chi connectivity index (χ1v) is 12.2. The molecule has 2 amide bonds. The quantitative estimate of drug-likeness (QED) is 0.359. The van der Waals surface area contributed by atoms with Gasteiger partial charge in [0.15, 0.2) is 5.82 Å². The Balaban J connectivity index is 1.63. The van der Waals surface area contributed by atoms with Gasteiger partial charge in [0, 0.05) is 16.8 Å². The largest absolute Gasteiger partial charge is 0.496 e. The lowest BCUT2D eigenvalue weighted by molar-refractivity contribution is -0.134. The molecular formula is C28H30N6O3. The average Bonchev–Trinajstić information content (AvgIpc) is 3.42. The molecule has 2 heterocycles. The number of hydrogen-bond donors (Lipinski definition) is 3. The van der Waals surface area contributed by atoms with Crippen LogP contribution in [0.2, 0.25) is 0 Å². The second-order valence-corrected chi connectivity index (χ2v) is 9.48. The molecule has 1 unspecified atom stereocenters. The summed E-state index contributed by atoms with van der Waals surface area (Å²) in [6.07, 6.45) is 2.63. The van der Waals surface area contributed by atoms with Crippen molar-refractivity contribution in [1.29, 1.82) is 0 Å². The van der Waals surface area contributed by atoms with E-state index in [9.17, 15) is 9.59 Å². The van der Waals surface area contributed by atoms with Crippen LogP contribution in [0.15, 0.2) is 60.9 Å². The highest BCUT2D eigenvalue weighted by Gasteiger charge is 2.46. The summed E-state index contributed by atoms with van der Waals surface area (Å²) < 4.78 is 5.75. The molecule has 0 fully saturated rings. The summed E-state index contributed by atoms with van der Waals surface area (Å²) in [6, 6.07) is 17.8. The van der Waals surface area contributed by atoms with E-state index in [0.717, 1.165) is 33.2 Å². The number of anilines is 1. The van der Waals surface area contributed by atoms with Gasteiger partial charge in [0.2, 0.25) is 11.8 Å². The Hall–Kier alpha value is -4.24. The number of primary amides is 1. The molecule has 0 spiro atoms. The minimum Gasteiger partial charge on any atom is -0.496 e. The zero-order valence-corrected chi connectivity index (χ0v) is 21.1. The van der Waals surface area contributed by atoms with E-state index in [1.165, 1.54) is 6.33 Å². The molecule has 9 nitrogen and oxygen atoms in total. The number of ether oxygens (including phenoxy) is 1. The number of aromatic amines is 1. The van der Waals surface area contributed by atoms with Crippen molar-refractivity contribution < 1.29 is 14.3 Å². The normalized spacial score (nSPS) is 17.2. The van der Waals surface area contributed by atoms with Crippen molar-refractivity contribution >= 4 is 28.3 Å². The fourth-order valence-electron chi connectivity index (χ4n) is 5.26. The highest BCUT2D eigenvalue weighted by Crippen LogP contribution is 2.38. The van der Waals surface area contributed by atoms with Gasteiger partial charge in [0.05, 0.1) is 19.6 Å². The van der Waals surface area contributed by atoms with Crippen LogP contribution in [-0.2, 0) is 22.6 Å². The highest BCUT2D eigenvalue weighted by atomic mass is 16.5. The number of carbonyl (C=O) groups is 2. The lowest BCUT2D eigenvalue weighted by Crippen LogP contribution is -2.60. The van der Waals surface area contributed by atoms with Gasteiger partial charge in [-0.15, -0.1) is 0 Å². The molecule has 1 aliphatic rings. The molecule has 190 valence electrons. The topological polar surface area (TPSA) is 126 Å². The molecule has 9 heteroatoms. The van der Waals surface area contributed by atoms with Crippen molar-refractivity contribution in [3.63, 3.8) is 0 Å². The van der Waals surface area contributed by atoms with Crippen LogP contribution in [0.5, 0.6) is 5.75 Å². The molecule has 0 aliphatic carbocycles. The number of aromatic nitrogens is 3. The molecule has 5 rings (SSSR count). The van der Waals surface area contributed by atoms with Crippen LogP contribution in [0.4, 0.5) is 5.69 Å². The summed E-state index contributed by atoms with van der Waals surface area (Å²) in [5.74, 6) is 0.00937. The number of aryl methyl sites for hydroxylation is 1. The van der Waals surface area contributed by atoms with Gasteiger partial charge in [-0.25, -0.2) is 4.98 Å². The molecule has 0 bridgehead atoms. The second kappa shape index (κ2) is 9.67. The Morgan fingerprint density at radius 1 is 1.24 bits per heavy atom. The summed E-state index contributed by atoms with van der Waals surface area (Å²) in [5.41, 5.74) is 8.27. The summed E-state index contributed by atoms with van der Waals surface area (Å²) in [6.45, 7) is 1.97. The maximum absolute atomic E-state index is 14.2. The predicted molar refractivity (Wildman–Crippen MR) is 142 cm³/mol. The second-order valence-electron chi connectivity index (χ2n) is 9.48. The highest BCUT2D eigenvalue weighted by molar-refractivity contribution is 6.02. The molecule has 1 aromatic heterocycles. The van der Waals surface area contributed by atoms with Gasteiger partial charge in [0.25, 0.3) is 0 Å². The third kappa shape index (κ3) is 4.21. The van der Waals surface area contributed by atoms with E-state index < -0.39 is 17.4 Å². The minimum absolute atomic E-state index is 0.155. The fraction of sp³-hybridized carbons (Fsp3) is 0.286. The zero-order chi connectivity index (χ0) is 26.2. The number of likely N-dealkylation sites (N-methyl/N-ethyl adjacent to an activating group) is 1. The van der Waals surface area contributed by atoms with Gasteiger partial charge < -0.3 is 20.7 Å². The molecule has 4 N–H and O–H groups in total. The number of hydrogen-bond acceptors (Lipinski definition) is 6. The number of para-hydroxylation sites is 1.